The van der Waals surface area contributed by atoms with Gasteiger partial charge in [-0.25, -0.2) is 4.98 Å². The molecule has 3 aromatic rings. The summed E-state index contributed by atoms with van der Waals surface area (Å²) in [6.07, 6.45) is 0. The number of hydrogen-bond donors (Lipinski definition) is 0. The molecule has 128 valence electrons. The van der Waals surface area contributed by atoms with Crippen LogP contribution >= 0.6 is 11.8 Å². The number of carbonyl (C=O) groups excluding carboxylic acids is 1. The molecule has 0 bridgehead atoms. The van der Waals surface area contributed by atoms with Crippen LogP contribution in [-0.2, 0) is 16.1 Å². The van der Waals surface area contributed by atoms with E-state index in [0.29, 0.717) is 11.3 Å². The van der Waals surface area contributed by atoms with E-state index in [0.717, 1.165) is 10.6 Å². The van der Waals surface area contributed by atoms with Crippen molar-refractivity contribution >= 4 is 23.4 Å². The number of benzene rings is 1. The molecule has 25 heavy (non-hydrogen) atoms. The molecule has 6 heteroatoms. The summed E-state index contributed by atoms with van der Waals surface area (Å²) in [4.78, 5) is 29.8. The van der Waals surface area contributed by atoms with Gasteiger partial charge in [0, 0.05) is 16.7 Å². The van der Waals surface area contributed by atoms with Gasteiger partial charge in [-0.1, -0.05) is 24.3 Å². The molecule has 5 nitrogen and oxygen atoms in total. The third-order valence-electron chi connectivity index (χ3n) is 3.68. The molecule has 0 aliphatic heterocycles. The van der Waals surface area contributed by atoms with E-state index >= 15 is 0 Å². The van der Waals surface area contributed by atoms with Crippen molar-refractivity contribution in [3.63, 3.8) is 0 Å². The molecule has 1 aromatic carbocycles. The number of hydrogen-bond acceptors (Lipinski definition) is 5. The quantitative estimate of drug-likeness (QED) is 0.520. The molecule has 0 unspecified atom stereocenters. The first-order valence-electron chi connectivity index (χ1n) is 7.91. The molecular weight excluding hydrogens is 336 g/mol. The van der Waals surface area contributed by atoms with Crippen LogP contribution in [0.4, 0.5) is 0 Å². The van der Waals surface area contributed by atoms with Crippen LogP contribution in [0.25, 0.3) is 5.65 Å². The van der Waals surface area contributed by atoms with Crippen molar-refractivity contribution in [2.24, 2.45) is 0 Å². The minimum Gasteiger partial charge on any atom is -0.458 e. The van der Waals surface area contributed by atoms with Crippen molar-refractivity contribution in [1.29, 1.82) is 0 Å². The molecule has 2 aromatic heterocycles. The highest BCUT2D eigenvalue weighted by Crippen LogP contribution is 2.23. The zero-order chi connectivity index (χ0) is 17.8. The molecule has 3 rings (SSSR count). The maximum Gasteiger partial charge on any atom is 0.319 e. The highest BCUT2D eigenvalue weighted by Gasteiger charge is 2.16. The van der Waals surface area contributed by atoms with Gasteiger partial charge < -0.3 is 4.74 Å². The van der Waals surface area contributed by atoms with E-state index in [1.165, 1.54) is 22.2 Å². The summed E-state index contributed by atoms with van der Waals surface area (Å²) >= 11 is 1.43. The predicted octanol–water partition coefficient (Wildman–Crippen LogP) is 3.23. The Morgan fingerprint density at radius 2 is 1.96 bits per heavy atom. The summed E-state index contributed by atoms with van der Waals surface area (Å²) in [7, 11) is 0. The van der Waals surface area contributed by atoms with E-state index in [1.807, 2.05) is 49.4 Å². The first-order chi connectivity index (χ1) is 12.0. The SMILES string of the molecule is Cc1cccc2nc(COC(=O)[C@@H](C)Sc3ccccc3)cc(=O)n12. The Kier molecular flexibility index (Phi) is 5.19. The van der Waals surface area contributed by atoms with Crippen molar-refractivity contribution in [2.75, 3.05) is 0 Å². The second-order valence-electron chi connectivity index (χ2n) is 5.63. The van der Waals surface area contributed by atoms with Crippen molar-refractivity contribution in [1.82, 2.24) is 9.38 Å². The van der Waals surface area contributed by atoms with Crippen molar-refractivity contribution < 1.29 is 9.53 Å². The number of rotatable bonds is 5. The van der Waals surface area contributed by atoms with E-state index in [-0.39, 0.29) is 23.4 Å². The number of fused-ring (bicyclic) bond motifs is 1. The van der Waals surface area contributed by atoms with Crippen LogP contribution in [0.2, 0.25) is 0 Å². The molecule has 0 amide bonds. The number of pyridine rings is 1. The average Bonchev–Trinajstić information content (AvgIpc) is 2.60. The van der Waals surface area contributed by atoms with Gasteiger partial charge in [-0.05, 0) is 38.1 Å². The Morgan fingerprint density at radius 1 is 1.20 bits per heavy atom. The van der Waals surface area contributed by atoms with Crippen LogP contribution in [0.3, 0.4) is 0 Å². The van der Waals surface area contributed by atoms with Gasteiger partial charge in [-0.3, -0.25) is 14.0 Å². The molecule has 0 saturated carbocycles. The average molecular weight is 354 g/mol. The van der Waals surface area contributed by atoms with Gasteiger partial charge in [0.25, 0.3) is 5.56 Å². The second-order valence-corrected chi connectivity index (χ2v) is 7.04. The Labute approximate surface area is 149 Å². The Morgan fingerprint density at radius 3 is 2.72 bits per heavy atom. The number of carbonyl (C=O) groups is 1. The van der Waals surface area contributed by atoms with E-state index in [2.05, 4.69) is 4.98 Å². The highest BCUT2D eigenvalue weighted by molar-refractivity contribution is 8.00. The topological polar surface area (TPSA) is 60.7 Å². The fourth-order valence-electron chi connectivity index (χ4n) is 2.45. The molecule has 1 atom stereocenters. The van der Waals surface area contributed by atoms with Crippen LogP contribution in [0.5, 0.6) is 0 Å². The highest BCUT2D eigenvalue weighted by atomic mass is 32.2. The van der Waals surface area contributed by atoms with Crippen molar-refractivity contribution in [3.8, 4) is 0 Å². The summed E-state index contributed by atoms with van der Waals surface area (Å²) in [6, 6.07) is 16.5. The monoisotopic (exact) mass is 354 g/mol. The summed E-state index contributed by atoms with van der Waals surface area (Å²) in [5.41, 5.74) is 1.62. The van der Waals surface area contributed by atoms with E-state index < -0.39 is 0 Å². The minimum atomic E-state index is -0.341. The Hall–Kier alpha value is -2.60. The fourth-order valence-corrected chi connectivity index (χ4v) is 3.34. The number of ether oxygens (including phenoxy) is 1. The maximum absolute atomic E-state index is 12.2. The molecule has 0 fully saturated rings. The Bertz CT molecular complexity index is 954. The van der Waals surface area contributed by atoms with Gasteiger partial charge in [0.05, 0.1) is 5.69 Å². The first kappa shape index (κ1) is 17.2. The fraction of sp³-hybridized carbons (Fsp3) is 0.211. The van der Waals surface area contributed by atoms with Crippen LogP contribution in [0.15, 0.2) is 64.3 Å². The Balaban J connectivity index is 1.68. The van der Waals surface area contributed by atoms with Gasteiger partial charge in [-0.15, -0.1) is 11.8 Å². The molecule has 0 spiro atoms. The third kappa shape index (κ3) is 4.09. The first-order valence-corrected chi connectivity index (χ1v) is 8.79. The summed E-state index contributed by atoms with van der Waals surface area (Å²) < 4.78 is 6.85. The van der Waals surface area contributed by atoms with Gasteiger partial charge in [0.15, 0.2) is 0 Å². The lowest BCUT2D eigenvalue weighted by molar-refractivity contribution is -0.144. The number of aryl methyl sites for hydroxylation is 1. The lowest BCUT2D eigenvalue weighted by Gasteiger charge is -2.11. The van der Waals surface area contributed by atoms with E-state index in [9.17, 15) is 9.59 Å². The smallest absolute Gasteiger partial charge is 0.319 e. The molecule has 0 aliphatic rings. The minimum absolute atomic E-state index is 0.0157. The lowest BCUT2D eigenvalue weighted by Crippen LogP contribution is -2.20. The molecule has 0 radical (unpaired) electrons. The number of esters is 1. The zero-order valence-electron chi connectivity index (χ0n) is 14.0. The van der Waals surface area contributed by atoms with Crippen LogP contribution < -0.4 is 5.56 Å². The van der Waals surface area contributed by atoms with Gasteiger partial charge in [0.2, 0.25) is 0 Å². The van der Waals surface area contributed by atoms with E-state index in [1.54, 1.807) is 13.0 Å². The maximum atomic E-state index is 12.2. The summed E-state index contributed by atoms with van der Waals surface area (Å²) in [6.45, 7) is 3.63. The predicted molar refractivity (Wildman–Crippen MR) is 97.8 cm³/mol. The van der Waals surface area contributed by atoms with Crippen LogP contribution in [0.1, 0.15) is 18.3 Å². The van der Waals surface area contributed by atoms with Crippen molar-refractivity contribution in [3.05, 3.63) is 76.3 Å². The summed E-state index contributed by atoms with van der Waals surface area (Å²) in [5, 5.41) is -0.341. The molecule has 2 heterocycles. The largest absolute Gasteiger partial charge is 0.458 e. The molecule has 0 aliphatic carbocycles. The van der Waals surface area contributed by atoms with Crippen LogP contribution in [0, 0.1) is 6.92 Å². The number of aromatic nitrogens is 2. The number of thioether (sulfide) groups is 1. The zero-order valence-corrected chi connectivity index (χ0v) is 14.8. The second kappa shape index (κ2) is 7.53. The molecule has 0 saturated heterocycles. The van der Waals surface area contributed by atoms with Crippen molar-refractivity contribution in [2.45, 2.75) is 30.6 Å². The molecule has 0 N–H and O–H groups in total. The summed E-state index contributed by atoms with van der Waals surface area (Å²) in [5.74, 6) is -0.333. The lowest BCUT2D eigenvalue weighted by atomic mass is 10.3. The normalized spacial score (nSPS) is 12.1. The van der Waals surface area contributed by atoms with Gasteiger partial charge in [-0.2, -0.15) is 0 Å². The molecular formula is C19H18N2O3S. The van der Waals surface area contributed by atoms with Gasteiger partial charge >= 0.3 is 5.97 Å². The third-order valence-corrected chi connectivity index (χ3v) is 4.77. The van der Waals surface area contributed by atoms with E-state index in [4.69, 9.17) is 4.74 Å². The standard InChI is InChI=1S/C19H18N2O3S/c1-13-7-6-10-17-20-15(11-18(22)21(13)17)12-24-19(23)14(2)25-16-8-4-3-5-9-16/h3-11,14H,12H2,1-2H3/t14-/m1/s1. The number of nitrogens with zero attached hydrogens (tertiary/aromatic N) is 2. The van der Waals surface area contributed by atoms with Crippen LogP contribution in [-0.4, -0.2) is 20.6 Å². The van der Waals surface area contributed by atoms with Gasteiger partial charge in [0.1, 0.15) is 17.5 Å².